The maximum Gasteiger partial charge on any atom is 0.328 e. The number of hydrogen-bond acceptors (Lipinski definition) is 3. The van der Waals surface area contributed by atoms with Gasteiger partial charge >= 0.3 is 5.97 Å². The molecule has 2 aliphatic rings. The molecular formula is C12H19NO3. The average molecular weight is 225 g/mol. The molecule has 0 aliphatic carbocycles. The summed E-state index contributed by atoms with van der Waals surface area (Å²) >= 11 is 0. The van der Waals surface area contributed by atoms with E-state index in [2.05, 4.69) is 11.9 Å². The number of likely N-dealkylation sites (tertiary alicyclic amines) is 1. The molecule has 1 unspecified atom stereocenters. The van der Waals surface area contributed by atoms with Gasteiger partial charge in [0.1, 0.15) is 0 Å². The predicted molar refractivity (Wildman–Crippen MR) is 60.2 cm³/mol. The molecule has 0 aromatic heterocycles. The highest BCUT2D eigenvalue weighted by Gasteiger charge is 2.44. The van der Waals surface area contributed by atoms with Crippen LogP contribution in [0.2, 0.25) is 0 Å². The number of nitrogens with zero attached hydrogens (tertiary/aromatic N) is 1. The zero-order valence-electron chi connectivity index (χ0n) is 9.69. The Bertz CT molecular complexity index is 297. The van der Waals surface area contributed by atoms with Crippen LogP contribution in [0.15, 0.2) is 12.2 Å². The summed E-state index contributed by atoms with van der Waals surface area (Å²) in [4.78, 5) is 12.9. The van der Waals surface area contributed by atoms with Crippen LogP contribution in [-0.2, 0) is 9.53 Å². The Balaban J connectivity index is 2.05. The normalized spacial score (nSPS) is 30.2. The number of rotatable bonds is 3. The van der Waals surface area contributed by atoms with Gasteiger partial charge in [0.05, 0.1) is 13.2 Å². The third kappa shape index (κ3) is 2.28. The number of piperidine rings is 1. The van der Waals surface area contributed by atoms with Crippen LogP contribution in [0, 0.1) is 11.3 Å². The fourth-order valence-corrected chi connectivity index (χ4v) is 2.68. The Labute approximate surface area is 95.9 Å². The Morgan fingerprint density at radius 3 is 2.81 bits per heavy atom. The molecule has 0 saturated carbocycles. The van der Waals surface area contributed by atoms with E-state index < -0.39 is 5.97 Å². The van der Waals surface area contributed by atoms with Crippen molar-refractivity contribution < 1.29 is 14.6 Å². The molecule has 1 N–H and O–H groups in total. The van der Waals surface area contributed by atoms with Crippen molar-refractivity contribution in [3.63, 3.8) is 0 Å². The molecule has 90 valence electrons. The molecule has 0 aromatic rings. The highest BCUT2D eigenvalue weighted by Crippen LogP contribution is 2.41. The summed E-state index contributed by atoms with van der Waals surface area (Å²) in [5.41, 5.74) is -0.0208. The fraction of sp³-hybridized carbons (Fsp3) is 0.750. The van der Waals surface area contributed by atoms with Crippen molar-refractivity contribution in [3.05, 3.63) is 12.2 Å². The summed E-state index contributed by atoms with van der Waals surface area (Å²) in [5, 5.41) is 8.71. The van der Waals surface area contributed by atoms with Crippen LogP contribution in [0.5, 0.6) is 0 Å². The molecule has 2 rings (SSSR count). The summed E-state index contributed by atoms with van der Waals surface area (Å²) in [7, 11) is 2.13. The van der Waals surface area contributed by atoms with E-state index in [0.717, 1.165) is 13.1 Å². The number of carboxylic acid groups (broad SMARTS) is 1. The molecule has 0 amide bonds. The summed E-state index contributed by atoms with van der Waals surface area (Å²) in [5.74, 6) is -0.328. The van der Waals surface area contributed by atoms with Crippen LogP contribution < -0.4 is 0 Å². The summed E-state index contributed by atoms with van der Waals surface area (Å²) < 4.78 is 5.30. The van der Waals surface area contributed by atoms with E-state index in [4.69, 9.17) is 9.84 Å². The average Bonchev–Trinajstić information content (AvgIpc) is 2.15. The van der Waals surface area contributed by atoms with Gasteiger partial charge in [-0.3, -0.25) is 0 Å². The van der Waals surface area contributed by atoms with Gasteiger partial charge in [-0.25, -0.2) is 4.79 Å². The molecule has 2 saturated heterocycles. The van der Waals surface area contributed by atoms with E-state index in [1.165, 1.54) is 18.9 Å². The molecule has 2 aliphatic heterocycles. The number of carboxylic acids is 1. The Morgan fingerprint density at radius 1 is 1.56 bits per heavy atom. The lowest BCUT2D eigenvalue weighted by atomic mass is 9.70. The topological polar surface area (TPSA) is 49.8 Å². The van der Waals surface area contributed by atoms with E-state index >= 15 is 0 Å². The number of aliphatic carboxylic acids is 1. The molecular weight excluding hydrogens is 206 g/mol. The first-order valence-corrected chi connectivity index (χ1v) is 5.81. The first-order valence-electron chi connectivity index (χ1n) is 5.81. The second kappa shape index (κ2) is 4.55. The SMILES string of the molecule is CN1CCCC(C2(/C=C/C(=O)O)COC2)C1. The third-order valence-corrected chi connectivity index (χ3v) is 3.74. The first kappa shape index (κ1) is 11.6. The molecule has 2 heterocycles. The van der Waals surface area contributed by atoms with Crippen LogP contribution in [-0.4, -0.2) is 49.3 Å². The Hall–Kier alpha value is -0.870. The highest BCUT2D eigenvalue weighted by molar-refractivity contribution is 5.79. The predicted octanol–water partition coefficient (Wildman–Crippen LogP) is 0.986. The lowest BCUT2D eigenvalue weighted by Crippen LogP contribution is -2.52. The largest absolute Gasteiger partial charge is 0.478 e. The van der Waals surface area contributed by atoms with E-state index in [9.17, 15) is 4.79 Å². The molecule has 0 spiro atoms. The van der Waals surface area contributed by atoms with Crippen LogP contribution in [0.1, 0.15) is 12.8 Å². The molecule has 4 nitrogen and oxygen atoms in total. The molecule has 16 heavy (non-hydrogen) atoms. The summed E-state index contributed by atoms with van der Waals surface area (Å²) in [6, 6.07) is 0. The first-order chi connectivity index (χ1) is 7.62. The quantitative estimate of drug-likeness (QED) is 0.728. The monoisotopic (exact) mass is 225 g/mol. The van der Waals surface area contributed by atoms with Crippen molar-refractivity contribution in [2.75, 3.05) is 33.4 Å². The summed E-state index contributed by atoms with van der Waals surface area (Å²) in [6.45, 7) is 3.55. The van der Waals surface area contributed by atoms with Crippen LogP contribution in [0.4, 0.5) is 0 Å². The second-order valence-electron chi connectivity index (χ2n) is 5.00. The molecule has 4 heteroatoms. The molecule has 0 aromatic carbocycles. The van der Waals surface area contributed by atoms with E-state index in [1.807, 2.05) is 6.08 Å². The zero-order chi connectivity index (χ0) is 11.6. The molecule has 0 bridgehead atoms. The molecule has 2 fully saturated rings. The standard InChI is InChI=1S/C12H19NO3/c1-13-6-2-3-10(7-13)12(8-16-9-12)5-4-11(14)15/h4-5,10H,2-3,6-9H2,1H3,(H,14,15)/b5-4+. The number of ether oxygens (including phenoxy) is 1. The zero-order valence-corrected chi connectivity index (χ0v) is 9.69. The van der Waals surface area contributed by atoms with Gasteiger partial charge in [0.2, 0.25) is 0 Å². The van der Waals surface area contributed by atoms with Gasteiger partial charge in [-0.1, -0.05) is 6.08 Å². The van der Waals surface area contributed by atoms with Gasteiger partial charge < -0.3 is 14.7 Å². The lowest BCUT2D eigenvalue weighted by Gasteiger charge is -2.48. The van der Waals surface area contributed by atoms with Gasteiger partial charge in [-0.15, -0.1) is 0 Å². The Kier molecular flexibility index (Phi) is 3.30. The Morgan fingerprint density at radius 2 is 2.31 bits per heavy atom. The maximum absolute atomic E-state index is 10.6. The van der Waals surface area contributed by atoms with Crippen molar-refractivity contribution >= 4 is 5.97 Å². The minimum absolute atomic E-state index is 0.0208. The van der Waals surface area contributed by atoms with Crippen LogP contribution >= 0.6 is 0 Å². The second-order valence-corrected chi connectivity index (χ2v) is 5.00. The summed E-state index contributed by atoms with van der Waals surface area (Å²) in [6.07, 6.45) is 5.50. The lowest BCUT2D eigenvalue weighted by molar-refractivity contribution is -0.133. The highest BCUT2D eigenvalue weighted by atomic mass is 16.5. The van der Waals surface area contributed by atoms with Gasteiger partial charge in [0.25, 0.3) is 0 Å². The van der Waals surface area contributed by atoms with Crippen molar-refractivity contribution in [2.24, 2.45) is 11.3 Å². The van der Waals surface area contributed by atoms with Gasteiger partial charge in [-0.2, -0.15) is 0 Å². The fourth-order valence-electron chi connectivity index (χ4n) is 2.68. The molecule has 1 atom stereocenters. The number of carbonyl (C=O) groups is 1. The smallest absolute Gasteiger partial charge is 0.328 e. The number of hydrogen-bond donors (Lipinski definition) is 1. The van der Waals surface area contributed by atoms with E-state index in [0.29, 0.717) is 19.1 Å². The van der Waals surface area contributed by atoms with Crippen molar-refractivity contribution in [1.29, 1.82) is 0 Å². The minimum atomic E-state index is -0.865. The van der Waals surface area contributed by atoms with Crippen molar-refractivity contribution in [3.8, 4) is 0 Å². The van der Waals surface area contributed by atoms with Gasteiger partial charge in [0.15, 0.2) is 0 Å². The van der Waals surface area contributed by atoms with Crippen LogP contribution in [0.25, 0.3) is 0 Å². The minimum Gasteiger partial charge on any atom is -0.478 e. The maximum atomic E-state index is 10.6. The van der Waals surface area contributed by atoms with Crippen LogP contribution in [0.3, 0.4) is 0 Å². The van der Waals surface area contributed by atoms with E-state index in [1.54, 1.807) is 0 Å². The molecule has 0 radical (unpaired) electrons. The van der Waals surface area contributed by atoms with Crippen molar-refractivity contribution in [2.45, 2.75) is 12.8 Å². The van der Waals surface area contributed by atoms with Gasteiger partial charge in [0, 0.05) is 18.0 Å². The third-order valence-electron chi connectivity index (χ3n) is 3.74. The van der Waals surface area contributed by atoms with Crippen molar-refractivity contribution in [1.82, 2.24) is 4.90 Å². The van der Waals surface area contributed by atoms with Gasteiger partial charge in [-0.05, 0) is 32.4 Å². The van der Waals surface area contributed by atoms with E-state index in [-0.39, 0.29) is 5.41 Å².